The molecule has 0 amide bonds. The van der Waals surface area contributed by atoms with Crippen molar-refractivity contribution in [3.05, 3.63) is 119 Å². The summed E-state index contributed by atoms with van der Waals surface area (Å²) in [4.78, 5) is 14.0. The third-order valence-electron chi connectivity index (χ3n) is 5.73. The molecule has 0 saturated carbocycles. The van der Waals surface area contributed by atoms with Crippen molar-refractivity contribution in [1.29, 1.82) is 0 Å². The molecule has 0 unspecified atom stereocenters. The lowest BCUT2D eigenvalue weighted by molar-refractivity contribution is 0.0478. The predicted octanol–water partition coefficient (Wildman–Crippen LogP) is 6.32. The fourth-order valence-electron chi connectivity index (χ4n) is 3.81. The maximum absolute atomic E-state index is 15.8. The van der Waals surface area contributed by atoms with Crippen LogP contribution in [0.2, 0.25) is 0 Å². The molecule has 0 radical (unpaired) electrons. The topological polar surface area (TPSA) is 72.5 Å². The van der Waals surface area contributed by atoms with Gasteiger partial charge in [0.15, 0.2) is 36.7 Å². The molecule has 4 rings (SSSR count). The number of ketones is 1. The van der Waals surface area contributed by atoms with Gasteiger partial charge in [-0.2, -0.15) is 0 Å². The molecule has 0 atom stereocenters. The summed E-state index contributed by atoms with van der Waals surface area (Å²) in [5.41, 5.74) is 0.511. The standard InChI is InChI=1S/C31H28F2O7/c1-35-19-39-25-15-13-23(37-17-21-9-5-3-6-10-21)27(29(25)32)31(34)28-24(38-18-22-11-7-4-8-12-22)14-16-26(30(28)33)40-20-36-2/h3-16H,17-20H2,1-2H3. The van der Waals surface area contributed by atoms with Crippen LogP contribution in [0.5, 0.6) is 23.0 Å². The molecule has 0 spiro atoms. The Bertz CT molecular complexity index is 1310. The van der Waals surface area contributed by atoms with E-state index in [2.05, 4.69) is 0 Å². The summed E-state index contributed by atoms with van der Waals surface area (Å²) in [5.74, 6) is -3.84. The van der Waals surface area contributed by atoms with Gasteiger partial charge in [0.25, 0.3) is 0 Å². The smallest absolute Gasteiger partial charge is 0.206 e. The van der Waals surface area contributed by atoms with E-state index in [1.54, 1.807) is 0 Å². The zero-order chi connectivity index (χ0) is 28.3. The summed E-state index contributed by atoms with van der Waals surface area (Å²) in [6.07, 6.45) is 0. The highest BCUT2D eigenvalue weighted by Crippen LogP contribution is 2.37. The van der Waals surface area contributed by atoms with Crippen LogP contribution in [0.3, 0.4) is 0 Å². The molecule has 0 aromatic heterocycles. The van der Waals surface area contributed by atoms with Crippen LogP contribution in [0.4, 0.5) is 8.78 Å². The molecule has 9 heteroatoms. The van der Waals surface area contributed by atoms with Crippen molar-refractivity contribution >= 4 is 5.78 Å². The second-order valence-corrected chi connectivity index (χ2v) is 8.48. The zero-order valence-corrected chi connectivity index (χ0v) is 22.0. The molecule has 0 aliphatic rings. The summed E-state index contributed by atoms with van der Waals surface area (Å²) in [6, 6.07) is 23.7. The van der Waals surface area contributed by atoms with Crippen LogP contribution in [0, 0.1) is 11.6 Å². The zero-order valence-electron chi connectivity index (χ0n) is 22.0. The van der Waals surface area contributed by atoms with E-state index in [9.17, 15) is 4.79 Å². The molecule has 7 nitrogen and oxygen atoms in total. The summed E-state index contributed by atoms with van der Waals surface area (Å²) in [5, 5.41) is 0. The Morgan fingerprint density at radius 3 is 1.30 bits per heavy atom. The molecular formula is C31H28F2O7. The van der Waals surface area contributed by atoms with Gasteiger partial charge in [-0.3, -0.25) is 4.79 Å². The van der Waals surface area contributed by atoms with Gasteiger partial charge in [-0.25, -0.2) is 8.78 Å². The van der Waals surface area contributed by atoms with Gasteiger partial charge in [0.05, 0.1) is 0 Å². The average Bonchev–Trinajstić information content (AvgIpc) is 2.98. The van der Waals surface area contributed by atoms with Crippen molar-refractivity contribution in [2.24, 2.45) is 0 Å². The number of methoxy groups -OCH3 is 2. The maximum Gasteiger partial charge on any atom is 0.206 e. The Labute approximate surface area is 230 Å². The molecule has 0 saturated heterocycles. The molecule has 4 aromatic rings. The maximum atomic E-state index is 15.8. The Balaban J connectivity index is 1.78. The van der Waals surface area contributed by atoms with Crippen LogP contribution in [-0.2, 0) is 22.7 Å². The minimum absolute atomic E-state index is 0.0374. The lowest BCUT2D eigenvalue weighted by Gasteiger charge is -2.18. The number of halogens is 2. The third-order valence-corrected chi connectivity index (χ3v) is 5.73. The normalized spacial score (nSPS) is 10.7. The molecule has 208 valence electrons. The van der Waals surface area contributed by atoms with Crippen molar-refractivity contribution in [3.8, 4) is 23.0 Å². The quantitative estimate of drug-likeness (QED) is 0.134. The van der Waals surface area contributed by atoms with Crippen LogP contribution in [0.1, 0.15) is 27.0 Å². The minimum Gasteiger partial charge on any atom is -0.488 e. The number of hydrogen-bond acceptors (Lipinski definition) is 7. The molecule has 0 aliphatic heterocycles. The first-order valence-corrected chi connectivity index (χ1v) is 12.3. The van der Waals surface area contributed by atoms with Crippen LogP contribution in [0.25, 0.3) is 0 Å². The monoisotopic (exact) mass is 550 g/mol. The van der Waals surface area contributed by atoms with E-state index >= 15 is 8.78 Å². The largest absolute Gasteiger partial charge is 0.488 e. The van der Waals surface area contributed by atoms with Gasteiger partial charge in [-0.1, -0.05) is 60.7 Å². The number of benzene rings is 4. The van der Waals surface area contributed by atoms with Crippen LogP contribution in [-0.4, -0.2) is 33.6 Å². The number of carbonyl (C=O) groups is 1. The van der Waals surface area contributed by atoms with Gasteiger partial charge >= 0.3 is 0 Å². The number of hydrogen-bond donors (Lipinski definition) is 0. The summed E-state index contributed by atoms with van der Waals surface area (Å²) in [6.45, 7) is -0.463. The SMILES string of the molecule is COCOc1ccc(OCc2ccccc2)c(C(=O)c2c(OCc3ccccc3)ccc(OCOC)c2F)c1F. The third kappa shape index (κ3) is 6.93. The van der Waals surface area contributed by atoms with Gasteiger partial charge in [-0.05, 0) is 35.4 Å². The average molecular weight is 551 g/mol. The van der Waals surface area contributed by atoms with E-state index in [0.29, 0.717) is 0 Å². The lowest BCUT2D eigenvalue weighted by Crippen LogP contribution is -2.15. The Morgan fingerprint density at radius 1 is 0.550 bits per heavy atom. The van der Waals surface area contributed by atoms with E-state index < -0.39 is 28.5 Å². The fraction of sp³-hybridized carbons (Fsp3) is 0.194. The molecule has 40 heavy (non-hydrogen) atoms. The van der Waals surface area contributed by atoms with Crippen LogP contribution in [0.15, 0.2) is 84.9 Å². The Morgan fingerprint density at radius 2 is 0.925 bits per heavy atom. The van der Waals surface area contributed by atoms with Crippen molar-refractivity contribution in [1.82, 2.24) is 0 Å². The highest BCUT2D eigenvalue weighted by atomic mass is 19.1. The number of rotatable bonds is 14. The Hall–Kier alpha value is -4.47. The van der Waals surface area contributed by atoms with Crippen molar-refractivity contribution < 1.29 is 42.0 Å². The second-order valence-electron chi connectivity index (χ2n) is 8.48. The Kier molecular flexibility index (Phi) is 10.0. The summed E-state index contributed by atoms with van der Waals surface area (Å²) >= 11 is 0. The van der Waals surface area contributed by atoms with Gasteiger partial charge in [-0.15, -0.1) is 0 Å². The molecule has 0 heterocycles. The van der Waals surface area contributed by atoms with E-state index in [0.717, 1.165) is 11.1 Å². The first-order valence-electron chi connectivity index (χ1n) is 12.3. The second kappa shape index (κ2) is 14.1. The van der Waals surface area contributed by atoms with Crippen molar-refractivity contribution in [2.75, 3.05) is 27.8 Å². The van der Waals surface area contributed by atoms with E-state index in [4.69, 9.17) is 28.4 Å². The number of carbonyl (C=O) groups excluding carboxylic acids is 1. The lowest BCUT2D eigenvalue weighted by atomic mass is 9.99. The molecule has 0 bridgehead atoms. The highest BCUT2D eigenvalue weighted by Gasteiger charge is 2.30. The summed E-state index contributed by atoms with van der Waals surface area (Å²) in [7, 11) is 2.75. The van der Waals surface area contributed by atoms with Crippen LogP contribution >= 0.6 is 0 Å². The fourth-order valence-corrected chi connectivity index (χ4v) is 3.81. The van der Waals surface area contributed by atoms with Crippen molar-refractivity contribution in [2.45, 2.75) is 13.2 Å². The minimum atomic E-state index is -1.04. The van der Waals surface area contributed by atoms with Gasteiger partial charge in [0.1, 0.15) is 35.8 Å². The molecule has 0 aliphatic carbocycles. The molecular weight excluding hydrogens is 522 g/mol. The molecule has 0 N–H and O–H groups in total. The molecule has 4 aromatic carbocycles. The first-order chi connectivity index (χ1) is 19.5. The van der Waals surface area contributed by atoms with Gasteiger partial charge < -0.3 is 28.4 Å². The highest BCUT2D eigenvalue weighted by molar-refractivity contribution is 6.13. The van der Waals surface area contributed by atoms with Gasteiger partial charge in [0, 0.05) is 14.2 Å². The van der Waals surface area contributed by atoms with E-state index in [1.807, 2.05) is 60.7 Å². The van der Waals surface area contributed by atoms with E-state index in [1.165, 1.54) is 38.5 Å². The number of ether oxygens (including phenoxy) is 6. The summed E-state index contributed by atoms with van der Waals surface area (Å²) < 4.78 is 63.7. The molecule has 0 fully saturated rings. The first kappa shape index (κ1) is 28.5. The van der Waals surface area contributed by atoms with Gasteiger partial charge in [0.2, 0.25) is 5.78 Å². The van der Waals surface area contributed by atoms with Crippen LogP contribution < -0.4 is 18.9 Å². The van der Waals surface area contributed by atoms with Crippen molar-refractivity contribution in [3.63, 3.8) is 0 Å². The van der Waals surface area contributed by atoms with E-state index in [-0.39, 0.29) is 49.8 Å². The predicted molar refractivity (Wildman–Crippen MR) is 143 cm³/mol.